The van der Waals surface area contributed by atoms with E-state index in [9.17, 15) is 0 Å². The molecule has 1 saturated heterocycles. The summed E-state index contributed by atoms with van der Waals surface area (Å²) in [5, 5.41) is 7.12. The molecule has 0 saturated carbocycles. The lowest BCUT2D eigenvalue weighted by Gasteiger charge is -2.32. The van der Waals surface area contributed by atoms with E-state index in [0.717, 1.165) is 32.6 Å². The van der Waals surface area contributed by atoms with Gasteiger partial charge < -0.3 is 10.6 Å². The summed E-state index contributed by atoms with van der Waals surface area (Å²) in [6.07, 6.45) is 2.38. The molecule has 0 radical (unpaired) electrons. The minimum atomic E-state index is 0.335. The second kappa shape index (κ2) is 5.46. The third-order valence-corrected chi connectivity index (χ3v) is 3.28. The second-order valence-corrected chi connectivity index (χ2v) is 5.18. The minimum Gasteiger partial charge on any atom is -0.316 e. The van der Waals surface area contributed by atoms with Crippen molar-refractivity contribution in [3.63, 3.8) is 0 Å². The van der Waals surface area contributed by atoms with Gasteiger partial charge in [0, 0.05) is 13.1 Å². The van der Waals surface area contributed by atoms with Crippen LogP contribution in [0.15, 0.2) is 30.3 Å². The third-order valence-electron chi connectivity index (χ3n) is 3.28. The molecule has 88 valence electrons. The lowest BCUT2D eigenvalue weighted by molar-refractivity contribution is 0.271. The number of nitrogens with one attached hydrogen (secondary N) is 2. The maximum Gasteiger partial charge on any atom is 0.00205 e. The van der Waals surface area contributed by atoms with Gasteiger partial charge in [-0.15, -0.1) is 0 Å². The SMILES string of the molecule is CC1(Cc2ccccc2)CNCCCNC1. The van der Waals surface area contributed by atoms with Crippen molar-refractivity contribution in [2.45, 2.75) is 19.8 Å². The van der Waals surface area contributed by atoms with Crippen molar-refractivity contribution in [3.8, 4) is 0 Å². The van der Waals surface area contributed by atoms with Gasteiger partial charge in [-0.1, -0.05) is 37.3 Å². The average Bonchev–Trinajstić information content (AvgIpc) is 2.26. The van der Waals surface area contributed by atoms with Gasteiger partial charge in [-0.3, -0.25) is 0 Å². The van der Waals surface area contributed by atoms with Crippen LogP contribution in [0.2, 0.25) is 0 Å². The van der Waals surface area contributed by atoms with Crippen LogP contribution in [-0.4, -0.2) is 26.2 Å². The monoisotopic (exact) mass is 218 g/mol. The van der Waals surface area contributed by atoms with Crippen LogP contribution < -0.4 is 10.6 Å². The maximum absolute atomic E-state index is 3.56. The fourth-order valence-electron chi connectivity index (χ4n) is 2.39. The Balaban J connectivity index is 1.99. The van der Waals surface area contributed by atoms with Crippen molar-refractivity contribution >= 4 is 0 Å². The normalized spacial score (nSPS) is 21.1. The summed E-state index contributed by atoms with van der Waals surface area (Å²) in [5.74, 6) is 0. The molecule has 1 heterocycles. The van der Waals surface area contributed by atoms with Crippen LogP contribution in [-0.2, 0) is 6.42 Å². The molecule has 16 heavy (non-hydrogen) atoms. The predicted octanol–water partition coefficient (Wildman–Crippen LogP) is 1.82. The third kappa shape index (κ3) is 3.32. The zero-order chi connectivity index (χ0) is 11.3. The van der Waals surface area contributed by atoms with E-state index in [0.29, 0.717) is 5.41 Å². The number of rotatable bonds is 2. The lowest BCUT2D eigenvalue weighted by Crippen LogP contribution is -2.45. The quantitative estimate of drug-likeness (QED) is 0.791. The van der Waals surface area contributed by atoms with E-state index >= 15 is 0 Å². The maximum atomic E-state index is 3.56. The van der Waals surface area contributed by atoms with E-state index in [-0.39, 0.29) is 0 Å². The Morgan fingerprint density at radius 3 is 2.31 bits per heavy atom. The molecule has 1 aliphatic rings. The Labute approximate surface area is 98.4 Å². The van der Waals surface area contributed by atoms with E-state index < -0.39 is 0 Å². The standard InChI is InChI=1S/C14H22N2/c1-14(10-13-6-3-2-4-7-13)11-15-8-5-9-16-12-14/h2-4,6-7,15-16H,5,8-12H2,1H3. The largest absolute Gasteiger partial charge is 0.316 e. The lowest BCUT2D eigenvalue weighted by atomic mass is 9.83. The first-order chi connectivity index (χ1) is 7.79. The van der Waals surface area contributed by atoms with Crippen LogP contribution in [0.5, 0.6) is 0 Å². The molecule has 2 N–H and O–H groups in total. The van der Waals surface area contributed by atoms with Gasteiger partial charge in [0.15, 0.2) is 0 Å². The molecule has 0 spiro atoms. The summed E-state index contributed by atoms with van der Waals surface area (Å²) in [6.45, 7) is 6.85. The molecule has 2 nitrogen and oxygen atoms in total. The van der Waals surface area contributed by atoms with Crippen LogP contribution in [0.1, 0.15) is 18.9 Å². The van der Waals surface area contributed by atoms with Crippen LogP contribution in [0.25, 0.3) is 0 Å². The van der Waals surface area contributed by atoms with Crippen molar-refractivity contribution in [3.05, 3.63) is 35.9 Å². The predicted molar refractivity (Wildman–Crippen MR) is 68.6 cm³/mol. The molecular weight excluding hydrogens is 196 g/mol. The van der Waals surface area contributed by atoms with E-state index in [4.69, 9.17) is 0 Å². The summed E-state index contributed by atoms with van der Waals surface area (Å²) in [5.41, 5.74) is 1.77. The number of hydrogen-bond donors (Lipinski definition) is 2. The summed E-state index contributed by atoms with van der Waals surface area (Å²) in [7, 11) is 0. The summed E-state index contributed by atoms with van der Waals surface area (Å²) in [6, 6.07) is 10.8. The topological polar surface area (TPSA) is 24.1 Å². The van der Waals surface area contributed by atoms with E-state index in [1.165, 1.54) is 12.0 Å². The van der Waals surface area contributed by atoms with Gasteiger partial charge in [-0.05, 0) is 36.9 Å². The first-order valence-electron chi connectivity index (χ1n) is 6.24. The zero-order valence-corrected chi connectivity index (χ0v) is 10.1. The Morgan fingerprint density at radius 2 is 1.69 bits per heavy atom. The molecule has 1 aliphatic heterocycles. The zero-order valence-electron chi connectivity index (χ0n) is 10.1. The van der Waals surface area contributed by atoms with Gasteiger partial charge in [0.2, 0.25) is 0 Å². The Morgan fingerprint density at radius 1 is 1.06 bits per heavy atom. The Bertz CT molecular complexity index is 300. The number of hydrogen-bond acceptors (Lipinski definition) is 2. The fourth-order valence-corrected chi connectivity index (χ4v) is 2.39. The molecule has 0 bridgehead atoms. The van der Waals surface area contributed by atoms with Crippen molar-refractivity contribution in [1.82, 2.24) is 10.6 Å². The molecule has 0 aromatic heterocycles. The van der Waals surface area contributed by atoms with Crippen molar-refractivity contribution < 1.29 is 0 Å². The average molecular weight is 218 g/mol. The molecule has 0 aliphatic carbocycles. The fraction of sp³-hybridized carbons (Fsp3) is 0.571. The summed E-state index contributed by atoms with van der Waals surface area (Å²) < 4.78 is 0. The van der Waals surface area contributed by atoms with Crippen LogP contribution in [0.3, 0.4) is 0 Å². The minimum absolute atomic E-state index is 0.335. The molecule has 2 rings (SSSR count). The van der Waals surface area contributed by atoms with Crippen molar-refractivity contribution in [1.29, 1.82) is 0 Å². The summed E-state index contributed by atoms with van der Waals surface area (Å²) >= 11 is 0. The van der Waals surface area contributed by atoms with Gasteiger partial charge in [0.25, 0.3) is 0 Å². The van der Waals surface area contributed by atoms with E-state index in [1.54, 1.807) is 0 Å². The Hall–Kier alpha value is -0.860. The molecule has 1 aromatic rings. The molecule has 1 fully saturated rings. The molecule has 0 atom stereocenters. The van der Waals surface area contributed by atoms with Crippen LogP contribution in [0, 0.1) is 5.41 Å². The van der Waals surface area contributed by atoms with Gasteiger partial charge >= 0.3 is 0 Å². The molecule has 2 heteroatoms. The van der Waals surface area contributed by atoms with E-state index in [1.807, 2.05) is 0 Å². The molecule has 0 unspecified atom stereocenters. The highest BCUT2D eigenvalue weighted by Gasteiger charge is 2.24. The second-order valence-electron chi connectivity index (χ2n) is 5.18. The van der Waals surface area contributed by atoms with Gasteiger partial charge in [0.05, 0.1) is 0 Å². The van der Waals surface area contributed by atoms with Crippen molar-refractivity contribution in [2.24, 2.45) is 5.41 Å². The number of benzene rings is 1. The van der Waals surface area contributed by atoms with Gasteiger partial charge in [0.1, 0.15) is 0 Å². The Kier molecular flexibility index (Phi) is 3.97. The smallest absolute Gasteiger partial charge is 0.00205 e. The highest BCUT2D eigenvalue weighted by Crippen LogP contribution is 2.21. The highest BCUT2D eigenvalue weighted by atomic mass is 15.0. The van der Waals surface area contributed by atoms with Crippen molar-refractivity contribution in [2.75, 3.05) is 26.2 Å². The van der Waals surface area contributed by atoms with Gasteiger partial charge in [-0.25, -0.2) is 0 Å². The highest BCUT2D eigenvalue weighted by molar-refractivity contribution is 5.16. The van der Waals surface area contributed by atoms with Crippen LogP contribution >= 0.6 is 0 Å². The van der Waals surface area contributed by atoms with Gasteiger partial charge in [-0.2, -0.15) is 0 Å². The van der Waals surface area contributed by atoms with E-state index in [2.05, 4.69) is 47.9 Å². The molecular formula is C14H22N2. The summed E-state index contributed by atoms with van der Waals surface area (Å²) in [4.78, 5) is 0. The first kappa shape index (κ1) is 11.6. The first-order valence-corrected chi connectivity index (χ1v) is 6.24. The molecule has 0 amide bonds. The van der Waals surface area contributed by atoms with Crippen LogP contribution in [0.4, 0.5) is 0 Å². The molecule has 1 aromatic carbocycles.